The predicted octanol–water partition coefficient (Wildman–Crippen LogP) is 2.20. The van der Waals surface area contributed by atoms with Gasteiger partial charge in [-0.1, -0.05) is 24.3 Å². The summed E-state index contributed by atoms with van der Waals surface area (Å²) in [5, 5.41) is 0. The van der Waals surface area contributed by atoms with Crippen LogP contribution in [0, 0.1) is 0 Å². The van der Waals surface area contributed by atoms with Crippen LogP contribution in [0.15, 0.2) is 48.6 Å². The van der Waals surface area contributed by atoms with Crippen molar-refractivity contribution in [3.8, 4) is 0 Å². The molecular weight excluding hydrogens is 368 g/mol. The van der Waals surface area contributed by atoms with Crippen molar-refractivity contribution >= 4 is 23.9 Å². The van der Waals surface area contributed by atoms with Crippen molar-refractivity contribution in [3.63, 3.8) is 0 Å². The summed E-state index contributed by atoms with van der Waals surface area (Å²) < 4.78 is 20.5. The molecule has 0 bridgehead atoms. The first kappa shape index (κ1) is 24.8. The van der Waals surface area contributed by atoms with Gasteiger partial charge in [-0.15, -0.1) is 0 Å². The second kappa shape index (κ2) is 14.0. The van der Waals surface area contributed by atoms with Crippen LogP contribution < -0.4 is 0 Å². The largest absolute Gasteiger partial charge is 0.458 e. The summed E-state index contributed by atoms with van der Waals surface area (Å²) in [6, 6.07) is 0. The quantitative estimate of drug-likeness (QED) is 0.298. The zero-order valence-corrected chi connectivity index (χ0v) is 16.5. The number of hydrogen-bond acceptors (Lipinski definition) is 8. The highest BCUT2D eigenvalue weighted by atomic mass is 16.6. The summed E-state index contributed by atoms with van der Waals surface area (Å²) >= 11 is 0. The fourth-order valence-electron chi connectivity index (χ4n) is 1.76. The van der Waals surface area contributed by atoms with Gasteiger partial charge in [0.2, 0.25) is 5.60 Å². The highest BCUT2D eigenvalue weighted by Crippen LogP contribution is 2.16. The monoisotopic (exact) mass is 394 g/mol. The number of carbonyl (C=O) groups is 4. The molecule has 8 nitrogen and oxygen atoms in total. The molecule has 8 heteroatoms. The smallest absolute Gasteiger partial charge is 0.331 e. The number of rotatable bonds is 11. The van der Waals surface area contributed by atoms with Crippen molar-refractivity contribution in [1.29, 1.82) is 0 Å². The number of ether oxygens (including phenoxy) is 4. The topological polar surface area (TPSA) is 105 Å². The lowest BCUT2D eigenvalue weighted by molar-refractivity contribution is -0.189. The van der Waals surface area contributed by atoms with Crippen molar-refractivity contribution in [2.45, 2.75) is 33.3 Å². The van der Waals surface area contributed by atoms with Gasteiger partial charge in [0.15, 0.2) is 0 Å². The average Bonchev–Trinajstić information content (AvgIpc) is 2.64. The molecule has 0 atom stereocenters. The maximum atomic E-state index is 12.0. The van der Waals surface area contributed by atoms with Crippen LogP contribution in [-0.4, -0.2) is 49.3 Å². The zero-order chi connectivity index (χ0) is 21.4. The van der Waals surface area contributed by atoms with Crippen molar-refractivity contribution in [1.82, 2.24) is 0 Å². The van der Waals surface area contributed by atoms with Crippen molar-refractivity contribution in [2.24, 2.45) is 0 Å². The minimum atomic E-state index is -1.72. The molecule has 0 aromatic carbocycles. The van der Waals surface area contributed by atoms with E-state index in [9.17, 15) is 19.2 Å². The Labute approximate surface area is 164 Å². The Balaban J connectivity index is 5.61. The van der Waals surface area contributed by atoms with Crippen LogP contribution in [0.25, 0.3) is 0 Å². The molecule has 0 saturated carbocycles. The van der Waals surface area contributed by atoms with E-state index < -0.39 is 49.3 Å². The summed E-state index contributed by atoms with van der Waals surface area (Å²) in [6.07, 6.45) is 10.5. The molecule has 0 radical (unpaired) electrons. The van der Waals surface area contributed by atoms with Crippen LogP contribution in [0.5, 0.6) is 0 Å². The van der Waals surface area contributed by atoms with E-state index in [0.29, 0.717) is 0 Å². The van der Waals surface area contributed by atoms with Gasteiger partial charge in [0.25, 0.3) is 0 Å². The fourth-order valence-corrected chi connectivity index (χ4v) is 1.76. The van der Waals surface area contributed by atoms with E-state index in [1.54, 1.807) is 27.7 Å². The van der Waals surface area contributed by atoms with Crippen LogP contribution in [-0.2, 0) is 38.1 Å². The molecule has 28 heavy (non-hydrogen) atoms. The zero-order valence-electron chi connectivity index (χ0n) is 16.5. The molecule has 0 unspecified atom stereocenters. The second-order valence-corrected chi connectivity index (χ2v) is 5.43. The molecule has 0 heterocycles. The number of allylic oxidation sites excluding steroid dienone is 4. The molecule has 154 valence electrons. The Morgan fingerprint density at radius 2 is 0.857 bits per heavy atom. The van der Waals surface area contributed by atoms with Gasteiger partial charge < -0.3 is 18.9 Å². The van der Waals surface area contributed by atoms with E-state index in [1.807, 2.05) is 0 Å². The molecule has 0 spiro atoms. The van der Waals surface area contributed by atoms with E-state index in [-0.39, 0.29) is 0 Å². The first-order valence-electron chi connectivity index (χ1n) is 8.56. The van der Waals surface area contributed by atoms with Gasteiger partial charge in [-0.2, -0.15) is 0 Å². The van der Waals surface area contributed by atoms with E-state index in [4.69, 9.17) is 18.9 Å². The fraction of sp³-hybridized carbons (Fsp3) is 0.400. The molecule has 0 rings (SSSR count). The second-order valence-electron chi connectivity index (χ2n) is 5.43. The molecule has 0 aliphatic carbocycles. The molecule has 0 aromatic heterocycles. The van der Waals surface area contributed by atoms with E-state index in [0.717, 1.165) is 24.3 Å². The molecular formula is C20H26O8. The van der Waals surface area contributed by atoms with Crippen LogP contribution in [0.2, 0.25) is 0 Å². The third kappa shape index (κ3) is 10.7. The number of carbonyl (C=O) groups excluding carboxylic acids is 4. The number of esters is 4. The minimum Gasteiger partial charge on any atom is -0.458 e. The first-order valence-corrected chi connectivity index (χ1v) is 8.56. The van der Waals surface area contributed by atoms with Crippen LogP contribution >= 0.6 is 0 Å². The lowest BCUT2D eigenvalue weighted by Gasteiger charge is -2.31. The molecule has 0 aromatic rings. The lowest BCUT2D eigenvalue weighted by Crippen LogP contribution is -2.49. The Morgan fingerprint density at radius 1 is 0.571 bits per heavy atom. The normalized spacial score (nSPS) is 12.0. The molecule has 0 aliphatic rings. The van der Waals surface area contributed by atoms with E-state index in [1.165, 1.54) is 24.3 Å². The van der Waals surface area contributed by atoms with Gasteiger partial charge in [0.1, 0.15) is 19.8 Å². The summed E-state index contributed by atoms with van der Waals surface area (Å²) in [4.78, 5) is 47.0. The van der Waals surface area contributed by atoms with Gasteiger partial charge in [-0.05, 0) is 27.7 Å². The average molecular weight is 394 g/mol. The minimum absolute atomic E-state index is 0.494. The Morgan fingerprint density at radius 3 is 1.14 bits per heavy atom. The van der Waals surface area contributed by atoms with Crippen molar-refractivity contribution in [2.75, 3.05) is 19.8 Å². The predicted molar refractivity (Wildman–Crippen MR) is 101 cm³/mol. The van der Waals surface area contributed by atoms with Crippen LogP contribution in [0.4, 0.5) is 0 Å². The van der Waals surface area contributed by atoms with Gasteiger partial charge >= 0.3 is 23.9 Å². The highest BCUT2D eigenvalue weighted by molar-refractivity contribution is 5.84. The summed E-state index contributed by atoms with van der Waals surface area (Å²) in [5.74, 6) is -2.88. The molecule has 0 fully saturated rings. The van der Waals surface area contributed by atoms with E-state index in [2.05, 4.69) is 0 Å². The lowest BCUT2D eigenvalue weighted by atomic mass is 10.1. The van der Waals surface area contributed by atoms with Gasteiger partial charge in [-0.25, -0.2) is 19.2 Å². The molecule has 0 saturated heterocycles. The summed E-state index contributed by atoms with van der Waals surface area (Å²) in [6.45, 7) is 4.99. The maximum absolute atomic E-state index is 12.0. The summed E-state index contributed by atoms with van der Waals surface area (Å²) in [5.41, 5.74) is -1.72. The van der Waals surface area contributed by atoms with Gasteiger partial charge in [0.05, 0.1) is 0 Å². The van der Waals surface area contributed by atoms with Crippen molar-refractivity contribution < 1.29 is 38.1 Å². The SMILES string of the molecule is C/C=C/C(=O)OCC(COC(=O)/C=C/C)(COC(=O)/C=C/C)OC(=O)/C=C/C. The third-order valence-corrected chi connectivity index (χ3v) is 2.96. The molecule has 0 aliphatic heterocycles. The van der Waals surface area contributed by atoms with Crippen molar-refractivity contribution in [3.05, 3.63) is 48.6 Å². The Hall–Kier alpha value is -3.16. The molecule has 0 amide bonds. The summed E-state index contributed by atoms with van der Waals surface area (Å²) in [7, 11) is 0. The first-order chi connectivity index (χ1) is 13.3. The third-order valence-electron chi connectivity index (χ3n) is 2.96. The highest BCUT2D eigenvalue weighted by Gasteiger charge is 2.39. The molecule has 0 N–H and O–H groups in total. The maximum Gasteiger partial charge on any atom is 0.331 e. The Bertz CT molecular complexity index is 586. The van der Waals surface area contributed by atoms with Crippen LogP contribution in [0.3, 0.4) is 0 Å². The standard InChI is InChI=1S/C20H26O8/c1-5-9-16(21)25-13-20(28-19(24)12-8-4,14-26-17(22)10-6-2)15-27-18(23)11-7-3/h5-12H,13-15H2,1-4H3/b9-5+,10-6+,11-7+,12-8+. The van der Waals surface area contributed by atoms with Crippen LogP contribution in [0.1, 0.15) is 27.7 Å². The Kier molecular flexibility index (Phi) is 12.4. The van der Waals surface area contributed by atoms with E-state index >= 15 is 0 Å². The van der Waals surface area contributed by atoms with Gasteiger partial charge in [0, 0.05) is 24.3 Å². The number of hydrogen-bond donors (Lipinski definition) is 0. The van der Waals surface area contributed by atoms with Gasteiger partial charge in [-0.3, -0.25) is 0 Å².